The van der Waals surface area contributed by atoms with Gasteiger partial charge in [-0.15, -0.1) is 0 Å². The third-order valence-corrected chi connectivity index (χ3v) is 0.809. The minimum atomic E-state index is -4.38. The van der Waals surface area contributed by atoms with Gasteiger partial charge in [-0.25, -0.2) is 4.57 Å². The average Bonchev–Trinajstić information content (AvgIpc) is 1.35. The van der Waals surface area contributed by atoms with Gasteiger partial charge in [-0.1, -0.05) is 0 Å². The predicted molar refractivity (Wildman–Crippen MR) is 26.1 cm³/mol. The van der Waals surface area contributed by atoms with Gasteiger partial charge in [0.15, 0.2) is 0 Å². The van der Waals surface area contributed by atoms with Gasteiger partial charge in [0.1, 0.15) is 0 Å². The predicted octanol–water partition coefficient (Wildman–Crippen LogP) is -0.399. The summed E-state index contributed by atoms with van der Waals surface area (Å²) in [6.07, 6.45) is 0. The summed E-state index contributed by atoms with van der Waals surface area (Å²) in [5.74, 6) is 0. The zero-order valence-corrected chi connectivity index (χ0v) is 4.19. The quantitative estimate of drug-likeness (QED) is 0.384. The molecule has 40 valence electrons. The van der Waals surface area contributed by atoms with Crippen molar-refractivity contribution >= 4 is 38.5 Å². The van der Waals surface area contributed by atoms with E-state index in [1.165, 1.54) is 0 Å². The molecular weight excluding hydrogens is 137 g/mol. The molecule has 0 aliphatic carbocycles. The molecule has 0 aromatic heterocycles. The molecule has 2 N–H and O–H groups in total. The Balaban J connectivity index is 0. The Bertz CT molecular complexity index is 75.8. The first kappa shape index (κ1) is 10.9. The first-order valence-electron chi connectivity index (χ1n) is 0.919. The van der Waals surface area contributed by atoms with Crippen LogP contribution < -0.4 is 0 Å². The molecule has 0 bridgehead atoms. The van der Waals surface area contributed by atoms with Crippen LogP contribution in [0, 0.1) is 0 Å². The van der Waals surface area contributed by atoms with Crippen molar-refractivity contribution in [1.29, 1.82) is 0 Å². The standard InChI is InChI=1S/ClH2O4P.Li.H/c1-5-6(2,3)4;;/h(H2,2,3,4);;. The first-order chi connectivity index (χ1) is 2.56. The van der Waals surface area contributed by atoms with E-state index in [1.807, 2.05) is 0 Å². The second kappa shape index (κ2) is 3.94. The molecule has 0 aromatic rings. The van der Waals surface area contributed by atoms with Gasteiger partial charge in [-0.05, 0) is 0 Å². The van der Waals surface area contributed by atoms with E-state index in [0.717, 1.165) is 0 Å². The van der Waals surface area contributed by atoms with Crippen LogP contribution in [0.25, 0.3) is 0 Å². The molecular formula is H3ClLiO4P. The molecule has 0 aliphatic heterocycles. The fourth-order valence-corrected chi connectivity index (χ4v) is 0. The van der Waals surface area contributed by atoms with Crippen LogP contribution in [-0.2, 0) is 8.64 Å². The Hall–Kier alpha value is 0.997. The number of rotatable bonds is 1. The molecule has 7 heteroatoms. The number of hydrogen-bond donors (Lipinski definition) is 2. The van der Waals surface area contributed by atoms with Crippen LogP contribution in [0.3, 0.4) is 0 Å². The SMILES string of the molecule is O=P(O)(O)OCl.[LiH]. The molecule has 0 radical (unpaired) electrons. The maximum absolute atomic E-state index is 9.34. The van der Waals surface area contributed by atoms with Crippen LogP contribution in [0.1, 0.15) is 0 Å². The van der Waals surface area contributed by atoms with Gasteiger partial charge in [-0.3, -0.25) is 0 Å². The van der Waals surface area contributed by atoms with E-state index in [-0.39, 0.29) is 18.9 Å². The number of phosphoric acid groups is 1. The fourth-order valence-electron chi connectivity index (χ4n) is 0. The Kier molecular flexibility index (Phi) is 6.12. The van der Waals surface area contributed by atoms with Crippen LogP contribution in [-0.4, -0.2) is 28.6 Å². The summed E-state index contributed by atoms with van der Waals surface area (Å²) in [6, 6.07) is 0. The Morgan fingerprint density at radius 1 is 1.57 bits per heavy atom. The summed E-state index contributed by atoms with van der Waals surface area (Å²) in [6.45, 7) is 0. The van der Waals surface area contributed by atoms with Gasteiger partial charge in [0.2, 0.25) is 0 Å². The molecule has 0 saturated carbocycles. The van der Waals surface area contributed by atoms with E-state index < -0.39 is 7.82 Å². The zero-order valence-electron chi connectivity index (χ0n) is 2.54. The van der Waals surface area contributed by atoms with E-state index in [0.29, 0.717) is 0 Å². The molecule has 0 spiro atoms. The minimum absolute atomic E-state index is 0. The van der Waals surface area contributed by atoms with Crippen molar-refractivity contribution in [3.05, 3.63) is 0 Å². The second-order valence-electron chi connectivity index (χ2n) is 0.560. The van der Waals surface area contributed by atoms with Crippen LogP contribution in [0.5, 0.6) is 0 Å². The third-order valence-electron chi connectivity index (χ3n) is 0.0899. The number of halogens is 1. The first-order valence-corrected chi connectivity index (χ1v) is 2.76. The molecule has 0 saturated heterocycles. The molecule has 7 heavy (non-hydrogen) atoms. The second-order valence-corrected chi connectivity index (χ2v) is 2.09. The van der Waals surface area contributed by atoms with Crippen molar-refractivity contribution in [2.75, 3.05) is 0 Å². The summed E-state index contributed by atoms with van der Waals surface area (Å²) in [7, 11) is -4.38. The monoisotopic (exact) mass is 140 g/mol. The Labute approximate surface area is 57.4 Å². The Morgan fingerprint density at radius 2 is 1.71 bits per heavy atom. The molecule has 0 fully saturated rings. The molecule has 0 heterocycles. The molecule has 0 aromatic carbocycles. The zero-order chi connectivity index (χ0) is 5.21. The van der Waals surface area contributed by atoms with Crippen LogP contribution in [0.2, 0.25) is 0 Å². The molecule has 4 nitrogen and oxygen atoms in total. The van der Waals surface area contributed by atoms with Crippen LogP contribution in [0.4, 0.5) is 0 Å². The fraction of sp³-hybridized carbons (Fsp3) is 0. The van der Waals surface area contributed by atoms with E-state index in [9.17, 15) is 4.57 Å². The van der Waals surface area contributed by atoms with E-state index in [1.54, 1.807) is 0 Å². The van der Waals surface area contributed by atoms with Gasteiger partial charge in [-0.2, -0.15) is 4.08 Å². The van der Waals surface area contributed by atoms with Gasteiger partial charge in [0.25, 0.3) is 0 Å². The van der Waals surface area contributed by atoms with Crippen molar-refractivity contribution in [3.63, 3.8) is 0 Å². The topological polar surface area (TPSA) is 66.8 Å². The third kappa shape index (κ3) is 10.9. The van der Waals surface area contributed by atoms with Gasteiger partial charge >= 0.3 is 26.7 Å². The molecule has 0 unspecified atom stereocenters. The van der Waals surface area contributed by atoms with Crippen LogP contribution >= 0.6 is 19.7 Å². The van der Waals surface area contributed by atoms with E-state index >= 15 is 0 Å². The van der Waals surface area contributed by atoms with Crippen LogP contribution in [0.15, 0.2) is 0 Å². The maximum atomic E-state index is 9.34. The molecule has 0 amide bonds. The van der Waals surface area contributed by atoms with Crippen molar-refractivity contribution < 1.29 is 18.4 Å². The Morgan fingerprint density at radius 3 is 1.71 bits per heavy atom. The molecule has 0 aliphatic rings. The summed E-state index contributed by atoms with van der Waals surface area (Å²) in [5, 5.41) is 0. The summed E-state index contributed by atoms with van der Waals surface area (Å²) < 4.78 is 12.4. The van der Waals surface area contributed by atoms with Gasteiger partial charge in [0.05, 0.1) is 11.9 Å². The normalized spacial score (nSPS) is 10.1. The number of hydrogen-bond acceptors (Lipinski definition) is 2. The van der Waals surface area contributed by atoms with Crippen molar-refractivity contribution in [2.45, 2.75) is 0 Å². The van der Waals surface area contributed by atoms with Crippen molar-refractivity contribution in [1.82, 2.24) is 0 Å². The summed E-state index contributed by atoms with van der Waals surface area (Å²) in [5.41, 5.74) is 0. The molecule has 0 rings (SSSR count). The van der Waals surface area contributed by atoms with E-state index in [4.69, 9.17) is 9.79 Å². The summed E-state index contributed by atoms with van der Waals surface area (Å²) >= 11 is 4.21. The molecule has 0 atom stereocenters. The van der Waals surface area contributed by atoms with Crippen molar-refractivity contribution in [3.8, 4) is 0 Å². The van der Waals surface area contributed by atoms with Crippen molar-refractivity contribution in [2.24, 2.45) is 0 Å². The van der Waals surface area contributed by atoms with E-state index in [2.05, 4.69) is 15.9 Å². The van der Waals surface area contributed by atoms with Gasteiger partial charge < -0.3 is 9.79 Å². The summed E-state index contributed by atoms with van der Waals surface area (Å²) in [4.78, 5) is 15.2. The van der Waals surface area contributed by atoms with Gasteiger partial charge in [0, 0.05) is 0 Å². The average molecular weight is 140 g/mol.